The van der Waals surface area contributed by atoms with E-state index in [0.717, 1.165) is 4.47 Å². The van der Waals surface area contributed by atoms with E-state index in [0.29, 0.717) is 10.8 Å². The molecule has 0 heterocycles. The zero-order valence-electron chi connectivity index (χ0n) is 6.19. The Morgan fingerprint density at radius 2 is 2.17 bits per heavy atom. The van der Waals surface area contributed by atoms with Crippen LogP contribution in [0.5, 0.6) is 5.75 Å². The van der Waals surface area contributed by atoms with Crippen molar-refractivity contribution in [2.75, 3.05) is 13.3 Å². The van der Waals surface area contributed by atoms with E-state index >= 15 is 0 Å². The Balaban J connectivity index is 2.72. The van der Waals surface area contributed by atoms with Crippen molar-refractivity contribution in [2.24, 2.45) is 0 Å². The Morgan fingerprint density at radius 3 is 2.75 bits per heavy atom. The molecule has 0 amide bonds. The number of alkyl halides is 1. The number of hydrogen-bond donors (Lipinski definition) is 0. The van der Waals surface area contributed by atoms with Gasteiger partial charge in [0.15, 0.2) is 0 Å². The molecule has 0 aliphatic carbocycles. The molecule has 0 saturated carbocycles. The van der Waals surface area contributed by atoms with E-state index in [9.17, 15) is 4.39 Å². The van der Waals surface area contributed by atoms with Crippen LogP contribution in [0.25, 0.3) is 0 Å². The largest absolute Gasteiger partial charge is 0.491 e. The van der Waals surface area contributed by atoms with Crippen LogP contribution in [0.2, 0.25) is 5.02 Å². The molecule has 4 heteroatoms. The molecule has 0 aliphatic heterocycles. The van der Waals surface area contributed by atoms with Crippen molar-refractivity contribution in [3.63, 3.8) is 0 Å². The molecule has 66 valence electrons. The smallest absolute Gasteiger partial charge is 0.123 e. The van der Waals surface area contributed by atoms with Gasteiger partial charge in [0.25, 0.3) is 0 Å². The maximum absolute atomic E-state index is 11.7. The molecule has 0 atom stereocenters. The van der Waals surface area contributed by atoms with E-state index in [1.165, 1.54) is 0 Å². The zero-order chi connectivity index (χ0) is 8.97. The lowest BCUT2D eigenvalue weighted by Gasteiger charge is -2.03. The Morgan fingerprint density at radius 1 is 1.42 bits per heavy atom. The van der Waals surface area contributed by atoms with Crippen LogP contribution in [0.1, 0.15) is 0 Å². The fourth-order valence-electron chi connectivity index (χ4n) is 0.768. The lowest BCUT2D eigenvalue weighted by molar-refractivity contribution is 0.273. The van der Waals surface area contributed by atoms with Gasteiger partial charge in [-0.3, -0.25) is 0 Å². The first kappa shape index (κ1) is 9.81. The molecule has 12 heavy (non-hydrogen) atoms. The molecule has 0 spiro atoms. The second kappa shape index (κ2) is 4.67. The van der Waals surface area contributed by atoms with E-state index < -0.39 is 6.67 Å². The van der Waals surface area contributed by atoms with Crippen LogP contribution in [0, 0.1) is 0 Å². The maximum atomic E-state index is 11.7. The van der Waals surface area contributed by atoms with E-state index in [1.807, 2.05) is 0 Å². The minimum absolute atomic E-state index is 0.0623. The number of ether oxygens (including phenoxy) is 1. The molecular weight excluding hydrogens is 246 g/mol. The second-order valence-electron chi connectivity index (χ2n) is 2.14. The van der Waals surface area contributed by atoms with Gasteiger partial charge in [0.05, 0.1) is 0 Å². The summed E-state index contributed by atoms with van der Waals surface area (Å²) in [6, 6.07) is 5.12. The minimum Gasteiger partial charge on any atom is -0.491 e. The first-order valence-electron chi connectivity index (χ1n) is 3.37. The summed E-state index contributed by atoms with van der Waals surface area (Å²) in [5, 5.41) is 0.568. The van der Waals surface area contributed by atoms with Gasteiger partial charge in [-0.2, -0.15) is 0 Å². The van der Waals surface area contributed by atoms with Crippen molar-refractivity contribution in [1.29, 1.82) is 0 Å². The van der Waals surface area contributed by atoms with Crippen LogP contribution in [-0.4, -0.2) is 13.3 Å². The van der Waals surface area contributed by atoms with Crippen LogP contribution in [-0.2, 0) is 0 Å². The Labute approximate surface area is 83.6 Å². The first-order valence-corrected chi connectivity index (χ1v) is 4.54. The van der Waals surface area contributed by atoms with E-state index in [2.05, 4.69) is 15.9 Å². The summed E-state index contributed by atoms with van der Waals surface area (Å²) in [7, 11) is 0. The third-order valence-electron chi connectivity index (χ3n) is 1.18. The van der Waals surface area contributed by atoms with Gasteiger partial charge in [0.2, 0.25) is 0 Å². The fraction of sp³-hybridized carbons (Fsp3) is 0.250. The molecule has 0 N–H and O–H groups in total. The van der Waals surface area contributed by atoms with Crippen LogP contribution < -0.4 is 4.74 Å². The highest BCUT2D eigenvalue weighted by Gasteiger charge is 1.97. The molecule has 0 unspecified atom stereocenters. The summed E-state index contributed by atoms with van der Waals surface area (Å²) < 4.78 is 17.6. The third-order valence-corrected chi connectivity index (χ3v) is 1.86. The summed E-state index contributed by atoms with van der Waals surface area (Å²) >= 11 is 8.97. The van der Waals surface area contributed by atoms with Gasteiger partial charge >= 0.3 is 0 Å². The average molecular weight is 253 g/mol. The van der Waals surface area contributed by atoms with Gasteiger partial charge in [-0.1, -0.05) is 27.5 Å². The highest BCUT2D eigenvalue weighted by molar-refractivity contribution is 9.10. The molecule has 0 aromatic heterocycles. The molecule has 1 nitrogen and oxygen atoms in total. The summed E-state index contributed by atoms with van der Waals surface area (Å²) in [6.45, 7) is -0.434. The SMILES string of the molecule is FCCOc1cc(Cl)cc(Br)c1. The molecular formula is C8H7BrClFO. The second-order valence-corrected chi connectivity index (χ2v) is 3.49. The van der Waals surface area contributed by atoms with E-state index in [-0.39, 0.29) is 6.61 Å². The molecule has 0 bridgehead atoms. The average Bonchev–Trinajstić information content (AvgIpc) is 1.99. The van der Waals surface area contributed by atoms with Crippen molar-refractivity contribution < 1.29 is 9.13 Å². The number of benzene rings is 1. The topological polar surface area (TPSA) is 9.23 Å². The molecule has 1 rings (SSSR count). The standard InChI is InChI=1S/C8H7BrClFO/c9-6-3-7(10)5-8(4-6)12-2-1-11/h3-5H,1-2H2. The highest BCUT2D eigenvalue weighted by Crippen LogP contribution is 2.24. The van der Waals surface area contributed by atoms with Crippen molar-refractivity contribution >= 4 is 27.5 Å². The molecule has 1 aromatic rings. The predicted octanol–water partition coefficient (Wildman–Crippen LogP) is 3.45. The normalized spacial score (nSPS) is 9.92. The van der Waals surface area contributed by atoms with Gasteiger partial charge in [-0.25, -0.2) is 4.39 Å². The lowest BCUT2D eigenvalue weighted by atomic mass is 10.3. The van der Waals surface area contributed by atoms with Crippen LogP contribution in [0.15, 0.2) is 22.7 Å². The van der Waals surface area contributed by atoms with Gasteiger partial charge < -0.3 is 4.74 Å². The van der Waals surface area contributed by atoms with Gasteiger partial charge in [-0.15, -0.1) is 0 Å². The van der Waals surface area contributed by atoms with Crippen LogP contribution in [0.4, 0.5) is 4.39 Å². The van der Waals surface area contributed by atoms with Gasteiger partial charge in [0, 0.05) is 9.50 Å². The van der Waals surface area contributed by atoms with Crippen molar-refractivity contribution in [3.8, 4) is 5.75 Å². The van der Waals surface area contributed by atoms with E-state index in [1.54, 1.807) is 18.2 Å². The molecule has 0 saturated heterocycles. The van der Waals surface area contributed by atoms with Crippen molar-refractivity contribution in [1.82, 2.24) is 0 Å². The Bertz CT molecular complexity index is 247. The summed E-state index contributed by atoms with van der Waals surface area (Å²) in [4.78, 5) is 0. The molecule has 1 aromatic carbocycles. The van der Waals surface area contributed by atoms with E-state index in [4.69, 9.17) is 16.3 Å². The van der Waals surface area contributed by atoms with Crippen LogP contribution >= 0.6 is 27.5 Å². The van der Waals surface area contributed by atoms with Gasteiger partial charge in [-0.05, 0) is 18.2 Å². The number of rotatable bonds is 3. The molecule has 0 fully saturated rings. The summed E-state index contributed by atoms with van der Waals surface area (Å²) in [5.74, 6) is 0.576. The minimum atomic E-state index is -0.496. The summed E-state index contributed by atoms with van der Waals surface area (Å²) in [5.41, 5.74) is 0. The Hall–Kier alpha value is -0.280. The lowest BCUT2D eigenvalue weighted by Crippen LogP contribution is -1.98. The summed E-state index contributed by atoms with van der Waals surface area (Å²) in [6.07, 6.45) is 0. The predicted molar refractivity (Wildman–Crippen MR) is 50.6 cm³/mol. The van der Waals surface area contributed by atoms with Crippen molar-refractivity contribution in [3.05, 3.63) is 27.7 Å². The zero-order valence-corrected chi connectivity index (χ0v) is 8.53. The number of halogens is 3. The quantitative estimate of drug-likeness (QED) is 0.802. The Kier molecular flexibility index (Phi) is 3.82. The van der Waals surface area contributed by atoms with Crippen LogP contribution in [0.3, 0.4) is 0 Å². The molecule has 0 aliphatic rings. The maximum Gasteiger partial charge on any atom is 0.123 e. The fourth-order valence-corrected chi connectivity index (χ4v) is 1.60. The highest BCUT2D eigenvalue weighted by atomic mass is 79.9. The monoisotopic (exact) mass is 252 g/mol. The van der Waals surface area contributed by atoms with Gasteiger partial charge in [0.1, 0.15) is 19.0 Å². The number of hydrogen-bond acceptors (Lipinski definition) is 1. The third kappa shape index (κ3) is 2.99. The first-order chi connectivity index (χ1) is 5.72. The molecule has 0 radical (unpaired) electrons. The van der Waals surface area contributed by atoms with Crippen molar-refractivity contribution in [2.45, 2.75) is 0 Å².